The first-order chi connectivity index (χ1) is 15.9. The number of hydrogen-bond donors (Lipinski definition) is 1. The molecule has 4 atom stereocenters. The molecule has 0 radical (unpaired) electrons. The van der Waals surface area contributed by atoms with E-state index in [4.69, 9.17) is 24.4 Å². The number of nitrogens with zero attached hydrogens (tertiary/aromatic N) is 3. The summed E-state index contributed by atoms with van der Waals surface area (Å²) in [6.45, 7) is 3.90. The summed E-state index contributed by atoms with van der Waals surface area (Å²) in [6, 6.07) is 20.2. The minimum absolute atomic E-state index is 0.396. The third-order valence-corrected chi connectivity index (χ3v) is 6.44. The van der Waals surface area contributed by atoms with Crippen LogP contribution in [-0.4, -0.2) is 25.4 Å². The van der Waals surface area contributed by atoms with Gasteiger partial charge in [-0.1, -0.05) is 36.4 Å². The van der Waals surface area contributed by atoms with E-state index in [1.165, 1.54) is 7.11 Å². The van der Waals surface area contributed by atoms with Gasteiger partial charge in [-0.05, 0) is 30.2 Å². The number of nitriles is 3. The van der Waals surface area contributed by atoms with E-state index in [1.54, 1.807) is 49.4 Å². The summed E-state index contributed by atoms with van der Waals surface area (Å²) >= 11 is 0. The summed E-state index contributed by atoms with van der Waals surface area (Å²) < 4.78 is 23.2. The van der Waals surface area contributed by atoms with Crippen LogP contribution in [0.15, 0.2) is 48.5 Å². The van der Waals surface area contributed by atoms with Crippen LogP contribution >= 0.6 is 0 Å². The maximum Gasteiger partial charge on any atom is 0.218 e. The lowest BCUT2D eigenvalue weighted by atomic mass is 9.52. The van der Waals surface area contributed by atoms with Crippen molar-refractivity contribution in [2.24, 2.45) is 10.8 Å². The van der Waals surface area contributed by atoms with Gasteiger partial charge in [-0.15, -0.1) is 0 Å². The molecule has 0 aromatic heterocycles. The molecule has 2 bridgehead atoms. The lowest BCUT2D eigenvalue weighted by molar-refractivity contribution is -0.253. The Kier molecular flexibility index (Phi) is 5.24. The van der Waals surface area contributed by atoms with Crippen molar-refractivity contribution in [3.05, 3.63) is 59.7 Å². The van der Waals surface area contributed by atoms with E-state index in [0.29, 0.717) is 29.2 Å². The molecule has 0 spiro atoms. The molecular formula is C25H22N4O4. The molecule has 0 saturated carbocycles. The minimum atomic E-state index is -2.08. The first-order valence-electron chi connectivity index (χ1n) is 10.4. The number of methoxy groups -OCH3 is 1. The van der Waals surface area contributed by atoms with Gasteiger partial charge < -0.3 is 18.9 Å². The Morgan fingerprint density at radius 2 is 1.70 bits per heavy atom. The molecule has 2 heterocycles. The molecule has 4 unspecified atom stereocenters. The largest absolute Gasteiger partial charge is 0.493 e. The van der Waals surface area contributed by atoms with Crippen molar-refractivity contribution in [2.45, 2.75) is 31.7 Å². The average Bonchev–Trinajstić information content (AvgIpc) is 3.02. The van der Waals surface area contributed by atoms with Crippen molar-refractivity contribution >= 4 is 5.90 Å². The molecule has 4 rings (SSSR count). The molecule has 0 amide bonds. The van der Waals surface area contributed by atoms with E-state index in [-0.39, 0.29) is 0 Å². The highest BCUT2D eigenvalue weighted by Crippen LogP contribution is 2.69. The van der Waals surface area contributed by atoms with Crippen LogP contribution in [0.2, 0.25) is 0 Å². The molecule has 1 N–H and O–H groups in total. The molecule has 8 nitrogen and oxygen atoms in total. The van der Waals surface area contributed by atoms with E-state index in [2.05, 4.69) is 18.2 Å². The summed E-state index contributed by atoms with van der Waals surface area (Å²) in [4.78, 5) is 0. The summed E-state index contributed by atoms with van der Waals surface area (Å²) in [5, 5.41) is 39.9. The van der Waals surface area contributed by atoms with Crippen LogP contribution in [0.25, 0.3) is 0 Å². The van der Waals surface area contributed by atoms with E-state index < -0.39 is 34.5 Å². The lowest BCUT2D eigenvalue weighted by Crippen LogP contribution is -2.57. The number of fused-ring (bicyclic) bond motifs is 2. The first-order valence-corrected chi connectivity index (χ1v) is 10.4. The van der Waals surface area contributed by atoms with Crippen LogP contribution in [0.4, 0.5) is 0 Å². The SMILES string of the molecule is CCOc1ccc(C2OC3(C)OC(=N)C(C#N)(C3c3ccccc3)C2(C#N)C#N)cc1OC. The van der Waals surface area contributed by atoms with Gasteiger partial charge in [0, 0.05) is 6.92 Å². The quantitative estimate of drug-likeness (QED) is 0.733. The maximum absolute atomic E-state index is 10.5. The summed E-state index contributed by atoms with van der Waals surface area (Å²) in [6.07, 6.45) is -1.19. The van der Waals surface area contributed by atoms with Crippen LogP contribution in [0.5, 0.6) is 11.5 Å². The van der Waals surface area contributed by atoms with Gasteiger partial charge in [0.2, 0.25) is 17.1 Å². The second-order valence-electron chi connectivity index (χ2n) is 8.08. The fourth-order valence-electron chi connectivity index (χ4n) is 5.05. The number of hydrogen-bond acceptors (Lipinski definition) is 8. The molecule has 2 fully saturated rings. The van der Waals surface area contributed by atoms with Crippen molar-refractivity contribution in [1.82, 2.24) is 0 Å². The fraction of sp³-hybridized carbons (Fsp3) is 0.360. The number of rotatable bonds is 5. The van der Waals surface area contributed by atoms with E-state index in [1.807, 2.05) is 13.0 Å². The molecular weight excluding hydrogens is 420 g/mol. The number of benzene rings is 2. The summed E-state index contributed by atoms with van der Waals surface area (Å²) in [7, 11) is 1.48. The Morgan fingerprint density at radius 3 is 2.27 bits per heavy atom. The van der Waals surface area contributed by atoms with Crippen molar-refractivity contribution in [1.29, 1.82) is 21.2 Å². The van der Waals surface area contributed by atoms with Gasteiger partial charge in [-0.3, -0.25) is 5.41 Å². The second-order valence-corrected chi connectivity index (χ2v) is 8.08. The topological polar surface area (TPSA) is 132 Å². The second kappa shape index (κ2) is 7.81. The van der Waals surface area contributed by atoms with Gasteiger partial charge in [0.25, 0.3) is 0 Å². The monoisotopic (exact) mass is 442 g/mol. The Bertz CT molecular complexity index is 1210. The number of ether oxygens (including phenoxy) is 4. The van der Waals surface area contributed by atoms with Crippen LogP contribution in [0.3, 0.4) is 0 Å². The van der Waals surface area contributed by atoms with Crippen LogP contribution < -0.4 is 9.47 Å². The highest BCUT2D eigenvalue weighted by Gasteiger charge is 2.79. The van der Waals surface area contributed by atoms with Crippen molar-refractivity contribution < 1.29 is 18.9 Å². The third-order valence-electron chi connectivity index (χ3n) is 6.44. The Labute approximate surface area is 192 Å². The van der Waals surface area contributed by atoms with Crippen LogP contribution in [0.1, 0.15) is 37.0 Å². The molecule has 2 aliphatic heterocycles. The molecule has 8 heteroatoms. The van der Waals surface area contributed by atoms with Gasteiger partial charge in [-0.2, -0.15) is 15.8 Å². The zero-order valence-corrected chi connectivity index (χ0v) is 18.5. The smallest absolute Gasteiger partial charge is 0.218 e. The molecule has 2 aromatic rings. The molecule has 2 saturated heterocycles. The van der Waals surface area contributed by atoms with E-state index in [0.717, 1.165) is 0 Å². The first kappa shape index (κ1) is 22.1. The fourth-order valence-corrected chi connectivity index (χ4v) is 5.05. The Balaban J connectivity index is 1.98. The zero-order valence-electron chi connectivity index (χ0n) is 18.5. The molecule has 2 aliphatic rings. The third kappa shape index (κ3) is 2.80. The van der Waals surface area contributed by atoms with E-state index >= 15 is 0 Å². The van der Waals surface area contributed by atoms with Gasteiger partial charge in [0.1, 0.15) is 6.10 Å². The van der Waals surface area contributed by atoms with Crippen molar-refractivity contribution in [3.8, 4) is 29.7 Å². The van der Waals surface area contributed by atoms with E-state index in [9.17, 15) is 15.8 Å². The standard InChI is InChI=1S/C25H22N4O4/c1-4-31-18-11-10-17(12-19(18)30-3)21-24(13-26,14-27)25(15-28)20(16-8-6-5-7-9-16)23(2,32-21)33-22(25)29/h5-12,20-21,29H,4H2,1-3H3. The lowest BCUT2D eigenvalue weighted by Gasteiger charge is -2.48. The van der Waals surface area contributed by atoms with Crippen LogP contribution in [-0.2, 0) is 9.47 Å². The van der Waals surface area contributed by atoms with Crippen molar-refractivity contribution in [2.75, 3.05) is 13.7 Å². The summed E-state index contributed by atoms with van der Waals surface area (Å²) in [5.74, 6) is -1.89. The average molecular weight is 442 g/mol. The highest BCUT2D eigenvalue weighted by atomic mass is 16.7. The van der Waals surface area contributed by atoms with Gasteiger partial charge in [-0.25, -0.2) is 0 Å². The Morgan fingerprint density at radius 1 is 1.00 bits per heavy atom. The molecule has 33 heavy (non-hydrogen) atoms. The maximum atomic E-state index is 10.5. The molecule has 0 aliphatic carbocycles. The minimum Gasteiger partial charge on any atom is -0.493 e. The molecule has 166 valence electrons. The van der Waals surface area contributed by atoms with Gasteiger partial charge in [0.15, 0.2) is 16.9 Å². The predicted octanol–water partition coefficient (Wildman–Crippen LogP) is 4.22. The highest BCUT2D eigenvalue weighted by molar-refractivity contribution is 5.90. The van der Waals surface area contributed by atoms with Gasteiger partial charge in [0.05, 0.1) is 37.8 Å². The Hall–Kier alpha value is -4.06. The van der Waals surface area contributed by atoms with Gasteiger partial charge >= 0.3 is 0 Å². The zero-order chi connectivity index (χ0) is 23.9. The normalized spacial score (nSPS) is 29.2. The predicted molar refractivity (Wildman–Crippen MR) is 116 cm³/mol. The van der Waals surface area contributed by atoms with Crippen LogP contribution in [0, 0.1) is 50.2 Å². The van der Waals surface area contributed by atoms with Crippen molar-refractivity contribution in [3.63, 3.8) is 0 Å². The molecule has 2 aromatic carbocycles. The number of nitrogens with one attached hydrogen (secondary N) is 1. The summed E-state index contributed by atoms with van der Waals surface area (Å²) in [5.41, 5.74) is -2.90.